The van der Waals surface area contributed by atoms with Crippen LogP contribution in [0.4, 0.5) is 10.1 Å². The Kier molecular flexibility index (Phi) is 4.80. The molecule has 0 aliphatic heterocycles. The van der Waals surface area contributed by atoms with Crippen LogP contribution in [0.5, 0.6) is 0 Å². The second-order valence-corrected chi connectivity index (χ2v) is 4.37. The summed E-state index contributed by atoms with van der Waals surface area (Å²) in [7, 11) is 0. The van der Waals surface area contributed by atoms with Crippen molar-refractivity contribution in [3.8, 4) is 0 Å². The lowest BCUT2D eigenvalue weighted by Gasteiger charge is -2.04. The summed E-state index contributed by atoms with van der Waals surface area (Å²) in [6.45, 7) is 2.18. The molecule has 1 aromatic carbocycles. The molecule has 0 unspecified atom stereocenters. The van der Waals surface area contributed by atoms with E-state index in [9.17, 15) is 4.39 Å². The molecule has 0 radical (unpaired) electrons. The van der Waals surface area contributed by atoms with Crippen LogP contribution in [0.3, 0.4) is 0 Å². The largest absolute Gasteiger partial charge is 0.398 e. The molecule has 0 heterocycles. The van der Waals surface area contributed by atoms with Crippen LogP contribution in [0.2, 0.25) is 0 Å². The Balaban J connectivity index is 2.42. The molecule has 0 saturated carbocycles. The molecule has 14 heavy (non-hydrogen) atoms. The van der Waals surface area contributed by atoms with Crippen molar-refractivity contribution < 1.29 is 4.39 Å². The van der Waals surface area contributed by atoms with E-state index < -0.39 is 0 Å². The van der Waals surface area contributed by atoms with E-state index in [1.807, 2.05) is 0 Å². The third-order valence-corrected chi connectivity index (χ3v) is 3.15. The first-order valence-corrected chi connectivity index (χ1v) is 5.90. The smallest absolute Gasteiger partial charge is 0.125 e. The summed E-state index contributed by atoms with van der Waals surface area (Å²) >= 11 is 1.70. The number of nitrogens with two attached hydrogens (primary N) is 1. The van der Waals surface area contributed by atoms with Gasteiger partial charge in [0.1, 0.15) is 5.82 Å². The normalized spacial score (nSPS) is 10.4. The van der Waals surface area contributed by atoms with E-state index in [-0.39, 0.29) is 5.82 Å². The molecule has 0 amide bonds. The Hall–Kier alpha value is -0.700. The van der Waals surface area contributed by atoms with Crippen molar-refractivity contribution in [2.75, 3.05) is 11.5 Å². The number of rotatable bonds is 5. The fourth-order valence-electron chi connectivity index (χ4n) is 1.18. The summed E-state index contributed by atoms with van der Waals surface area (Å²) < 4.78 is 12.7. The van der Waals surface area contributed by atoms with Gasteiger partial charge in [-0.05, 0) is 30.4 Å². The number of benzene rings is 1. The third-order valence-electron chi connectivity index (χ3n) is 1.98. The molecule has 0 aliphatic carbocycles. The van der Waals surface area contributed by atoms with Gasteiger partial charge < -0.3 is 5.73 Å². The van der Waals surface area contributed by atoms with E-state index in [1.165, 1.54) is 31.4 Å². The van der Waals surface area contributed by atoms with Gasteiger partial charge in [0.15, 0.2) is 0 Å². The Labute approximate surface area is 88.9 Å². The molecule has 0 atom stereocenters. The zero-order valence-corrected chi connectivity index (χ0v) is 9.24. The van der Waals surface area contributed by atoms with E-state index >= 15 is 0 Å². The topological polar surface area (TPSA) is 26.0 Å². The van der Waals surface area contributed by atoms with Gasteiger partial charge in [0.25, 0.3) is 0 Å². The van der Waals surface area contributed by atoms with Crippen molar-refractivity contribution in [2.24, 2.45) is 0 Å². The summed E-state index contributed by atoms with van der Waals surface area (Å²) in [5.41, 5.74) is 6.22. The number of thioether (sulfide) groups is 1. The quantitative estimate of drug-likeness (QED) is 0.458. The highest BCUT2D eigenvalue weighted by molar-refractivity contribution is 7.99. The molecule has 3 heteroatoms. The summed E-state index contributed by atoms with van der Waals surface area (Å²) in [4.78, 5) is 0.988. The van der Waals surface area contributed by atoms with Crippen LogP contribution in [-0.2, 0) is 0 Å². The van der Waals surface area contributed by atoms with Crippen LogP contribution in [0.15, 0.2) is 23.1 Å². The minimum absolute atomic E-state index is 0.264. The van der Waals surface area contributed by atoms with Gasteiger partial charge in [0.2, 0.25) is 0 Å². The maximum Gasteiger partial charge on any atom is 0.125 e. The molecular formula is C11H16FNS. The molecule has 0 bridgehead atoms. The minimum Gasteiger partial charge on any atom is -0.398 e. The maximum absolute atomic E-state index is 12.7. The number of halogens is 1. The van der Waals surface area contributed by atoms with Crippen LogP contribution >= 0.6 is 11.8 Å². The van der Waals surface area contributed by atoms with Gasteiger partial charge in [-0.25, -0.2) is 4.39 Å². The van der Waals surface area contributed by atoms with Gasteiger partial charge in [-0.15, -0.1) is 11.8 Å². The molecule has 0 aliphatic rings. The van der Waals surface area contributed by atoms with Crippen LogP contribution < -0.4 is 5.73 Å². The van der Waals surface area contributed by atoms with Crippen LogP contribution in [0.25, 0.3) is 0 Å². The molecule has 1 nitrogen and oxygen atoms in total. The molecule has 2 N–H and O–H groups in total. The molecule has 0 spiro atoms. The van der Waals surface area contributed by atoms with Gasteiger partial charge in [0, 0.05) is 10.6 Å². The average Bonchev–Trinajstić information content (AvgIpc) is 2.15. The second kappa shape index (κ2) is 5.91. The SMILES string of the molecule is CCCCCSc1ccc(F)cc1N. The van der Waals surface area contributed by atoms with Gasteiger partial charge >= 0.3 is 0 Å². The first-order chi connectivity index (χ1) is 6.74. The average molecular weight is 213 g/mol. The Bertz CT molecular complexity index is 289. The fraction of sp³-hybridized carbons (Fsp3) is 0.455. The zero-order chi connectivity index (χ0) is 10.4. The molecule has 0 fully saturated rings. The maximum atomic E-state index is 12.7. The summed E-state index contributed by atoms with van der Waals surface area (Å²) in [6.07, 6.45) is 3.66. The van der Waals surface area contributed by atoms with Crippen LogP contribution in [0.1, 0.15) is 26.2 Å². The lowest BCUT2D eigenvalue weighted by molar-refractivity contribution is 0.627. The monoisotopic (exact) mass is 213 g/mol. The summed E-state index contributed by atoms with van der Waals surface area (Å²) in [5, 5.41) is 0. The summed E-state index contributed by atoms with van der Waals surface area (Å²) in [6, 6.07) is 4.59. The highest BCUT2D eigenvalue weighted by Gasteiger charge is 2.00. The number of hydrogen-bond donors (Lipinski definition) is 1. The van der Waals surface area contributed by atoms with Gasteiger partial charge in [0.05, 0.1) is 0 Å². The third kappa shape index (κ3) is 3.58. The predicted octanol–water partition coefficient (Wildman–Crippen LogP) is 3.69. The van der Waals surface area contributed by atoms with Crippen molar-refractivity contribution >= 4 is 17.4 Å². The van der Waals surface area contributed by atoms with E-state index in [2.05, 4.69) is 6.92 Å². The molecule has 1 aromatic rings. The lowest BCUT2D eigenvalue weighted by atomic mass is 10.3. The van der Waals surface area contributed by atoms with E-state index in [4.69, 9.17) is 5.73 Å². The predicted molar refractivity (Wildman–Crippen MR) is 61.1 cm³/mol. The first kappa shape index (κ1) is 11.4. The lowest BCUT2D eigenvalue weighted by Crippen LogP contribution is -1.90. The molecule has 78 valence electrons. The van der Waals surface area contributed by atoms with Crippen molar-refractivity contribution in [3.63, 3.8) is 0 Å². The highest BCUT2D eigenvalue weighted by atomic mass is 32.2. The molecule has 1 rings (SSSR count). The number of unbranched alkanes of at least 4 members (excludes halogenated alkanes) is 2. The number of anilines is 1. The Morgan fingerprint density at radius 1 is 1.36 bits per heavy atom. The summed E-state index contributed by atoms with van der Waals surface area (Å²) in [5.74, 6) is 0.796. The first-order valence-electron chi connectivity index (χ1n) is 4.92. The van der Waals surface area contributed by atoms with Gasteiger partial charge in [-0.2, -0.15) is 0 Å². The van der Waals surface area contributed by atoms with Crippen molar-refractivity contribution in [3.05, 3.63) is 24.0 Å². The highest BCUT2D eigenvalue weighted by Crippen LogP contribution is 2.26. The standard InChI is InChI=1S/C11H16FNS/c1-2-3-4-7-14-11-6-5-9(12)8-10(11)13/h5-6,8H,2-4,7,13H2,1H3. The number of nitrogen functional groups attached to an aromatic ring is 1. The van der Waals surface area contributed by atoms with Gasteiger partial charge in [-0.1, -0.05) is 19.8 Å². The van der Waals surface area contributed by atoms with E-state index in [1.54, 1.807) is 17.8 Å². The fourth-order valence-corrected chi connectivity index (χ4v) is 2.14. The molecule has 0 saturated heterocycles. The van der Waals surface area contributed by atoms with E-state index in [0.717, 1.165) is 10.6 Å². The molecule has 0 aromatic heterocycles. The minimum atomic E-state index is -0.264. The van der Waals surface area contributed by atoms with Crippen molar-refractivity contribution in [1.29, 1.82) is 0 Å². The zero-order valence-electron chi connectivity index (χ0n) is 8.42. The Morgan fingerprint density at radius 3 is 2.79 bits per heavy atom. The molecular weight excluding hydrogens is 197 g/mol. The Morgan fingerprint density at radius 2 is 2.14 bits per heavy atom. The van der Waals surface area contributed by atoms with Crippen molar-refractivity contribution in [1.82, 2.24) is 0 Å². The number of hydrogen-bond acceptors (Lipinski definition) is 2. The van der Waals surface area contributed by atoms with Crippen LogP contribution in [-0.4, -0.2) is 5.75 Å². The second-order valence-electron chi connectivity index (χ2n) is 3.24. The van der Waals surface area contributed by atoms with Crippen molar-refractivity contribution in [2.45, 2.75) is 31.1 Å². The van der Waals surface area contributed by atoms with Crippen LogP contribution in [0, 0.1) is 5.82 Å². The van der Waals surface area contributed by atoms with E-state index in [0.29, 0.717) is 5.69 Å². The van der Waals surface area contributed by atoms with Gasteiger partial charge in [-0.3, -0.25) is 0 Å².